The van der Waals surface area contributed by atoms with Crippen molar-refractivity contribution in [2.45, 2.75) is 58.8 Å². The lowest BCUT2D eigenvalue weighted by atomic mass is 9.90. The lowest BCUT2D eigenvalue weighted by molar-refractivity contribution is 0.253. The average Bonchev–Trinajstić information content (AvgIpc) is 2.81. The average molecular weight is 444 g/mol. The molecule has 0 bridgehead atoms. The first-order valence-electron chi connectivity index (χ1n) is 12.1. The van der Waals surface area contributed by atoms with Gasteiger partial charge in [-0.1, -0.05) is 46.8 Å². The van der Waals surface area contributed by atoms with Crippen molar-refractivity contribution < 1.29 is 0 Å². The van der Waals surface area contributed by atoms with Gasteiger partial charge in [-0.05, 0) is 48.1 Å². The Balaban J connectivity index is 1.60. The minimum Gasteiger partial charge on any atom is -0.368 e. The largest absolute Gasteiger partial charge is 0.368 e. The Bertz CT molecular complexity index is 997. The molecule has 0 radical (unpaired) electrons. The second-order valence-corrected chi connectivity index (χ2v) is 10.6. The maximum absolute atomic E-state index is 9.79. The zero-order valence-corrected chi connectivity index (χ0v) is 20.8. The van der Waals surface area contributed by atoms with Crippen LogP contribution in [0.2, 0.25) is 0 Å². The van der Waals surface area contributed by atoms with Crippen LogP contribution in [-0.4, -0.2) is 42.6 Å². The van der Waals surface area contributed by atoms with E-state index in [0.717, 1.165) is 61.5 Å². The summed E-state index contributed by atoms with van der Waals surface area (Å²) in [6.07, 6.45) is 4.02. The van der Waals surface area contributed by atoms with Crippen LogP contribution in [0.25, 0.3) is 0 Å². The van der Waals surface area contributed by atoms with E-state index in [0.29, 0.717) is 12.5 Å². The molecule has 2 aromatic rings. The lowest BCUT2D eigenvalue weighted by Crippen LogP contribution is -2.47. The molecule has 0 spiro atoms. The van der Waals surface area contributed by atoms with Crippen LogP contribution in [0.4, 0.5) is 5.69 Å². The molecule has 1 atom stereocenters. The number of pyridine rings is 1. The van der Waals surface area contributed by atoms with E-state index in [9.17, 15) is 10.5 Å². The third-order valence-electron chi connectivity index (χ3n) is 6.46. The van der Waals surface area contributed by atoms with E-state index in [1.165, 1.54) is 5.56 Å². The summed E-state index contributed by atoms with van der Waals surface area (Å²) in [5, 5.41) is 19.5. The Hall–Kier alpha value is -2.89. The highest BCUT2D eigenvalue weighted by atomic mass is 15.3. The molecule has 0 saturated carbocycles. The number of hydrogen-bond acceptors (Lipinski definition) is 5. The number of nitrogens with zero attached hydrogens (tertiary/aromatic N) is 5. The number of anilines is 1. The summed E-state index contributed by atoms with van der Waals surface area (Å²) in [7, 11) is 0. The summed E-state index contributed by atoms with van der Waals surface area (Å²) < 4.78 is 0. The van der Waals surface area contributed by atoms with E-state index in [1.807, 2.05) is 12.3 Å². The van der Waals surface area contributed by atoms with Gasteiger partial charge in [0.2, 0.25) is 0 Å². The zero-order valence-electron chi connectivity index (χ0n) is 20.8. The summed E-state index contributed by atoms with van der Waals surface area (Å²) in [4.78, 5) is 9.26. The van der Waals surface area contributed by atoms with Crippen LogP contribution in [0.15, 0.2) is 36.5 Å². The Kier molecular flexibility index (Phi) is 8.11. The summed E-state index contributed by atoms with van der Waals surface area (Å²) in [6, 6.07) is 15.3. The minimum absolute atomic E-state index is 0.00586. The fourth-order valence-corrected chi connectivity index (χ4v) is 4.26. The normalized spacial score (nSPS) is 15.8. The summed E-state index contributed by atoms with van der Waals surface area (Å²) in [5.41, 5.74) is 5.07. The standard InChI is InChI=1S/C28H37N5/c1-21(2)6-7-22-8-10-26(24(16-22)17-29)33-14-12-32(13-15-33)20-25(18-30)23-9-11-27(31-19-23)28(3,4)5/h8-11,16,19,21,25H,6-7,12-15,20H2,1-5H3. The molecule has 0 amide bonds. The number of piperazine rings is 1. The maximum atomic E-state index is 9.79. The smallest absolute Gasteiger partial charge is 0.101 e. The number of rotatable bonds is 7. The fourth-order valence-electron chi connectivity index (χ4n) is 4.26. The maximum Gasteiger partial charge on any atom is 0.101 e. The highest BCUT2D eigenvalue weighted by molar-refractivity contribution is 5.60. The van der Waals surface area contributed by atoms with Crippen molar-refractivity contribution in [3.63, 3.8) is 0 Å². The molecule has 0 aliphatic carbocycles. The Morgan fingerprint density at radius 1 is 1.03 bits per heavy atom. The van der Waals surface area contributed by atoms with E-state index in [2.05, 4.69) is 85.8 Å². The van der Waals surface area contributed by atoms with E-state index >= 15 is 0 Å². The van der Waals surface area contributed by atoms with Gasteiger partial charge in [-0.15, -0.1) is 0 Å². The summed E-state index contributed by atoms with van der Waals surface area (Å²) in [6.45, 7) is 15.1. The fraction of sp³-hybridized carbons (Fsp3) is 0.536. The summed E-state index contributed by atoms with van der Waals surface area (Å²) >= 11 is 0. The Morgan fingerprint density at radius 3 is 2.30 bits per heavy atom. The SMILES string of the molecule is CC(C)CCc1ccc(N2CCN(CC(C#N)c3ccc(C(C)(C)C)nc3)CC2)c(C#N)c1. The van der Waals surface area contributed by atoms with E-state index in [-0.39, 0.29) is 11.3 Å². The van der Waals surface area contributed by atoms with Crippen LogP contribution in [0.3, 0.4) is 0 Å². The lowest BCUT2D eigenvalue weighted by Gasteiger charge is -2.37. The molecule has 1 saturated heterocycles. The minimum atomic E-state index is -0.187. The van der Waals surface area contributed by atoms with Crippen LogP contribution in [-0.2, 0) is 11.8 Å². The predicted molar refractivity (Wildman–Crippen MR) is 134 cm³/mol. The quantitative estimate of drug-likeness (QED) is 0.583. The number of nitriles is 2. The van der Waals surface area contributed by atoms with Crippen molar-refractivity contribution >= 4 is 5.69 Å². The van der Waals surface area contributed by atoms with E-state index in [1.54, 1.807) is 0 Å². The second kappa shape index (κ2) is 10.8. The molecule has 0 N–H and O–H groups in total. The monoisotopic (exact) mass is 443 g/mol. The molecule has 174 valence electrons. The topological polar surface area (TPSA) is 66.9 Å². The van der Waals surface area contributed by atoms with Crippen molar-refractivity contribution in [3.8, 4) is 12.1 Å². The first-order chi connectivity index (χ1) is 15.7. The molecule has 1 aromatic heterocycles. The zero-order chi connectivity index (χ0) is 24.0. The van der Waals surface area contributed by atoms with Crippen LogP contribution >= 0.6 is 0 Å². The van der Waals surface area contributed by atoms with Gasteiger partial charge in [-0.25, -0.2) is 0 Å². The van der Waals surface area contributed by atoms with Gasteiger partial charge in [-0.3, -0.25) is 9.88 Å². The van der Waals surface area contributed by atoms with Crippen LogP contribution < -0.4 is 4.90 Å². The number of hydrogen-bond donors (Lipinski definition) is 0. The number of benzene rings is 1. The van der Waals surface area contributed by atoms with Crippen molar-refractivity contribution in [2.75, 3.05) is 37.6 Å². The molecular weight excluding hydrogens is 406 g/mol. The highest BCUT2D eigenvalue weighted by Crippen LogP contribution is 2.26. The van der Waals surface area contributed by atoms with Gasteiger partial charge in [0.05, 0.1) is 23.2 Å². The highest BCUT2D eigenvalue weighted by Gasteiger charge is 2.23. The van der Waals surface area contributed by atoms with E-state index < -0.39 is 0 Å². The molecule has 1 aromatic carbocycles. The molecule has 1 unspecified atom stereocenters. The van der Waals surface area contributed by atoms with Crippen LogP contribution in [0.5, 0.6) is 0 Å². The van der Waals surface area contributed by atoms with Gasteiger partial charge in [0.15, 0.2) is 0 Å². The Labute approximate surface area is 199 Å². The molecule has 5 nitrogen and oxygen atoms in total. The van der Waals surface area contributed by atoms with Gasteiger partial charge in [0.25, 0.3) is 0 Å². The van der Waals surface area contributed by atoms with Crippen molar-refractivity contribution in [3.05, 3.63) is 58.9 Å². The molecule has 1 aliphatic rings. The molecule has 5 heteroatoms. The van der Waals surface area contributed by atoms with Crippen molar-refractivity contribution in [1.82, 2.24) is 9.88 Å². The third-order valence-corrected chi connectivity index (χ3v) is 6.46. The second-order valence-electron chi connectivity index (χ2n) is 10.6. The Morgan fingerprint density at radius 2 is 1.76 bits per heavy atom. The third kappa shape index (κ3) is 6.56. The van der Waals surface area contributed by atoms with Gasteiger partial charge in [0, 0.05) is 50.0 Å². The first-order valence-corrected chi connectivity index (χ1v) is 12.1. The number of aryl methyl sites for hydroxylation is 1. The first kappa shape index (κ1) is 24.7. The van der Waals surface area contributed by atoms with Crippen molar-refractivity contribution in [1.29, 1.82) is 10.5 Å². The molecule has 33 heavy (non-hydrogen) atoms. The van der Waals surface area contributed by atoms with Crippen LogP contribution in [0.1, 0.15) is 69.3 Å². The van der Waals surface area contributed by atoms with Gasteiger partial charge >= 0.3 is 0 Å². The van der Waals surface area contributed by atoms with E-state index in [4.69, 9.17) is 0 Å². The predicted octanol–water partition coefficient (Wildman–Crippen LogP) is 5.27. The van der Waals surface area contributed by atoms with Gasteiger partial charge in [0.1, 0.15) is 6.07 Å². The molecule has 1 fully saturated rings. The number of aromatic nitrogens is 1. The van der Waals surface area contributed by atoms with Crippen LogP contribution in [0, 0.1) is 28.6 Å². The molecular formula is C28H37N5. The van der Waals surface area contributed by atoms with Crippen molar-refractivity contribution in [2.24, 2.45) is 5.92 Å². The van der Waals surface area contributed by atoms with Gasteiger partial charge < -0.3 is 4.90 Å². The molecule has 3 rings (SSSR count). The molecule has 1 aliphatic heterocycles. The van der Waals surface area contributed by atoms with Gasteiger partial charge in [-0.2, -0.15) is 10.5 Å². The molecule has 2 heterocycles. The summed E-state index contributed by atoms with van der Waals surface area (Å²) in [5.74, 6) is 0.473.